The molecule has 0 aromatic carbocycles. The summed E-state index contributed by atoms with van der Waals surface area (Å²) in [4.78, 5) is 0. The van der Waals surface area contributed by atoms with E-state index in [1.165, 1.54) is 32.2 Å². The average Bonchev–Trinajstić information content (AvgIpc) is 2.76. The zero-order chi connectivity index (χ0) is 6.97. The second-order valence-electron chi connectivity index (χ2n) is 3.98. The lowest BCUT2D eigenvalue weighted by molar-refractivity contribution is 0.483. The van der Waals surface area contributed by atoms with Crippen LogP contribution in [0.2, 0.25) is 0 Å². The third kappa shape index (κ3) is 1.72. The summed E-state index contributed by atoms with van der Waals surface area (Å²) in [5.74, 6) is 2.07. The van der Waals surface area contributed by atoms with Crippen molar-refractivity contribution in [3.05, 3.63) is 0 Å². The van der Waals surface area contributed by atoms with Crippen LogP contribution in [0, 0.1) is 11.8 Å². The first-order valence-electron chi connectivity index (χ1n) is 4.59. The Balaban J connectivity index is 1.58. The fourth-order valence-electron chi connectivity index (χ4n) is 1.44. The Bertz CT molecular complexity index is 114. The smallest absolute Gasteiger partial charge is 0.00671 e. The Kier molecular flexibility index (Phi) is 1.69. The molecule has 0 saturated heterocycles. The van der Waals surface area contributed by atoms with Gasteiger partial charge in [-0.3, -0.25) is 0 Å². The molecule has 0 aliphatic heterocycles. The van der Waals surface area contributed by atoms with Gasteiger partial charge in [-0.1, -0.05) is 0 Å². The molecule has 0 bridgehead atoms. The van der Waals surface area contributed by atoms with Crippen molar-refractivity contribution in [2.24, 2.45) is 11.8 Å². The minimum atomic E-state index is 0.806. The van der Waals surface area contributed by atoms with Gasteiger partial charge < -0.3 is 5.32 Å². The molecular weight excluding hydrogens is 122 g/mol. The molecule has 58 valence electrons. The highest BCUT2D eigenvalue weighted by molar-refractivity contribution is 4.85. The lowest BCUT2D eigenvalue weighted by atomic mass is 10.2. The monoisotopic (exact) mass is 139 g/mol. The highest BCUT2D eigenvalue weighted by atomic mass is 14.9. The third-order valence-electron chi connectivity index (χ3n) is 2.75. The Morgan fingerprint density at radius 1 is 1.30 bits per heavy atom. The van der Waals surface area contributed by atoms with Gasteiger partial charge in [0.15, 0.2) is 0 Å². The van der Waals surface area contributed by atoms with Crippen LogP contribution >= 0.6 is 0 Å². The van der Waals surface area contributed by atoms with Crippen LogP contribution in [0.15, 0.2) is 0 Å². The Hall–Kier alpha value is -0.0400. The molecule has 0 unspecified atom stereocenters. The first-order chi connectivity index (χ1) is 4.86. The van der Waals surface area contributed by atoms with Crippen molar-refractivity contribution in [1.82, 2.24) is 5.32 Å². The van der Waals surface area contributed by atoms with Crippen LogP contribution in [0.5, 0.6) is 0 Å². The third-order valence-corrected chi connectivity index (χ3v) is 2.75. The van der Waals surface area contributed by atoms with Crippen molar-refractivity contribution in [2.45, 2.75) is 38.6 Å². The molecule has 0 radical (unpaired) electrons. The molecule has 10 heavy (non-hydrogen) atoms. The van der Waals surface area contributed by atoms with Crippen molar-refractivity contribution >= 4 is 0 Å². The number of hydrogen-bond acceptors (Lipinski definition) is 1. The van der Waals surface area contributed by atoms with Gasteiger partial charge in [-0.05, 0) is 51.0 Å². The predicted molar refractivity (Wildman–Crippen MR) is 42.9 cm³/mol. The molecule has 2 rings (SSSR count). The predicted octanol–water partition coefficient (Wildman–Crippen LogP) is 1.78. The van der Waals surface area contributed by atoms with Crippen molar-refractivity contribution in [1.29, 1.82) is 0 Å². The molecule has 1 nitrogen and oxygen atoms in total. The normalized spacial score (nSPS) is 28.5. The van der Waals surface area contributed by atoms with Crippen molar-refractivity contribution in [3.8, 4) is 0 Å². The minimum absolute atomic E-state index is 0.806. The van der Waals surface area contributed by atoms with Crippen LogP contribution in [-0.4, -0.2) is 12.6 Å². The van der Waals surface area contributed by atoms with Gasteiger partial charge in [0.25, 0.3) is 0 Å². The molecule has 2 fully saturated rings. The molecule has 2 saturated carbocycles. The standard InChI is InChI=1S/C9H17N/c1-7(9-4-5-9)10-6-8-2-3-8/h7-10H,2-6H2,1H3/t7-/m1/s1. The number of nitrogens with one attached hydrogen (secondary N) is 1. The summed E-state index contributed by atoms with van der Waals surface area (Å²) in [5, 5.41) is 3.61. The lowest BCUT2D eigenvalue weighted by Crippen LogP contribution is -2.29. The molecule has 1 heteroatoms. The molecule has 2 aliphatic carbocycles. The topological polar surface area (TPSA) is 12.0 Å². The summed E-state index contributed by atoms with van der Waals surface area (Å²) in [6.07, 6.45) is 5.90. The Morgan fingerprint density at radius 2 is 2.00 bits per heavy atom. The van der Waals surface area contributed by atoms with E-state index in [0.29, 0.717) is 0 Å². The van der Waals surface area contributed by atoms with Gasteiger partial charge in [0.05, 0.1) is 0 Å². The van der Waals surface area contributed by atoms with E-state index in [4.69, 9.17) is 0 Å². The Labute approximate surface area is 63.2 Å². The second-order valence-corrected chi connectivity index (χ2v) is 3.98. The summed E-state index contributed by atoms with van der Waals surface area (Å²) in [6, 6.07) is 0.806. The molecule has 0 spiro atoms. The Morgan fingerprint density at radius 3 is 2.50 bits per heavy atom. The molecule has 0 aromatic rings. The molecule has 1 atom stereocenters. The van der Waals surface area contributed by atoms with Gasteiger partial charge in [0.2, 0.25) is 0 Å². The molecular formula is C9H17N. The summed E-state index contributed by atoms with van der Waals surface area (Å²) in [5.41, 5.74) is 0. The summed E-state index contributed by atoms with van der Waals surface area (Å²) >= 11 is 0. The molecule has 0 aromatic heterocycles. The lowest BCUT2D eigenvalue weighted by Gasteiger charge is -2.11. The maximum absolute atomic E-state index is 3.61. The van der Waals surface area contributed by atoms with Gasteiger partial charge >= 0.3 is 0 Å². The van der Waals surface area contributed by atoms with Crippen molar-refractivity contribution in [2.75, 3.05) is 6.54 Å². The van der Waals surface area contributed by atoms with Crippen molar-refractivity contribution < 1.29 is 0 Å². The zero-order valence-corrected chi connectivity index (χ0v) is 6.77. The largest absolute Gasteiger partial charge is 0.314 e. The van der Waals surface area contributed by atoms with E-state index in [0.717, 1.165) is 17.9 Å². The van der Waals surface area contributed by atoms with E-state index >= 15 is 0 Å². The first-order valence-corrected chi connectivity index (χ1v) is 4.59. The number of hydrogen-bond donors (Lipinski definition) is 1. The molecule has 1 N–H and O–H groups in total. The van der Waals surface area contributed by atoms with Gasteiger partial charge in [0, 0.05) is 6.04 Å². The van der Waals surface area contributed by atoms with Crippen LogP contribution in [-0.2, 0) is 0 Å². The molecule has 0 amide bonds. The van der Waals surface area contributed by atoms with Gasteiger partial charge in [-0.15, -0.1) is 0 Å². The van der Waals surface area contributed by atoms with Gasteiger partial charge in [-0.2, -0.15) is 0 Å². The van der Waals surface area contributed by atoms with Crippen LogP contribution in [0.4, 0.5) is 0 Å². The fraction of sp³-hybridized carbons (Fsp3) is 1.00. The fourth-order valence-corrected chi connectivity index (χ4v) is 1.44. The SMILES string of the molecule is C[C@@H](NCC1CC1)C1CC1. The van der Waals surface area contributed by atoms with Gasteiger partial charge in [-0.25, -0.2) is 0 Å². The maximum Gasteiger partial charge on any atom is 0.00671 e. The highest BCUT2D eigenvalue weighted by Crippen LogP contribution is 2.33. The maximum atomic E-state index is 3.61. The van der Waals surface area contributed by atoms with Crippen LogP contribution in [0.25, 0.3) is 0 Å². The summed E-state index contributed by atoms with van der Waals surface area (Å²) in [7, 11) is 0. The molecule has 0 heterocycles. The molecule has 2 aliphatic rings. The van der Waals surface area contributed by atoms with E-state index in [9.17, 15) is 0 Å². The van der Waals surface area contributed by atoms with E-state index < -0.39 is 0 Å². The van der Waals surface area contributed by atoms with Crippen molar-refractivity contribution in [3.63, 3.8) is 0 Å². The minimum Gasteiger partial charge on any atom is -0.314 e. The van der Waals surface area contributed by atoms with E-state index in [2.05, 4.69) is 12.2 Å². The highest BCUT2D eigenvalue weighted by Gasteiger charge is 2.29. The quantitative estimate of drug-likeness (QED) is 0.626. The summed E-state index contributed by atoms with van der Waals surface area (Å²) < 4.78 is 0. The second kappa shape index (κ2) is 2.54. The average molecular weight is 139 g/mol. The first kappa shape index (κ1) is 6.66. The summed E-state index contributed by atoms with van der Waals surface area (Å²) in [6.45, 7) is 3.62. The van der Waals surface area contributed by atoms with Gasteiger partial charge in [0.1, 0.15) is 0 Å². The van der Waals surface area contributed by atoms with E-state index in [-0.39, 0.29) is 0 Å². The van der Waals surface area contributed by atoms with E-state index in [1.807, 2.05) is 0 Å². The zero-order valence-electron chi connectivity index (χ0n) is 6.77. The van der Waals surface area contributed by atoms with Crippen LogP contribution in [0.3, 0.4) is 0 Å². The number of rotatable bonds is 4. The van der Waals surface area contributed by atoms with E-state index in [1.54, 1.807) is 0 Å². The van der Waals surface area contributed by atoms with Crippen LogP contribution in [0.1, 0.15) is 32.6 Å². The van der Waals surface area contributed by atoms with Crippen LogP contribution < -0.4 is 5.32 Å².